The lowest BCUT2D eigenvalue weighted by Crippen LogP contribution is -2.26. The first-order chi connectivity index (χ1) is 11.0. The standard InChI is InChI=1S/C16H15Cl2FN2O2/c17-14-7-12(8-15(18)21-14)10-23-16(22)9-20-6-5-11-1-3-13(19)4-2-11/h1-4,7-8,20H,5-6,9-10H2. The highest BCUT2D eigenvalue weighted by Crippen LogP contribution is 2.15. The van der Waals surface area contributed by atoms with Crippen molar-refractivity contribution in [3.63, 3.8) is 0 Å². The van der Waals surface area contributed by atoms with Crippen molar-refractivity contribution < 1.29 is 13.9 Å². The van der Waals surface area contributed by atoms with Gasteiger partial charge in [-0.3, -0.25) is 4.79 Å². The SMILES string of the molecule is O=C(CNCCc1ccc(F)cc1)OCc1cc(Cl)nc(Cl)c1. The number of hydrogen-bond acceptors (Lipinski definition) is 4. The van der Waals surface area contributed by atoms with E-state index in [0.717, 1.165) is 5.56 Å². The van der Waals surface area contributed by atoms with Gasteiger partial charge in [0, 0.05) is 0 Å². The molecule has 1 heterocycles. The first kappa shape index (κ1) is 17.7. The van der Waals surface area contributed by atoms with E-state index >= 15 is 0 Å². The predicted molar refractivity (Wildman–Crippen MR) is 87.0 cm³/mol. The molecule has 2 rings (SSSR count). The van der Waals surface area contributed by atoms with E-state index in [9.17, 15) is 9.18 Å². The lowest BCUT2D eigenvalue weighted by molar-refractivity contribution is -0.143. The molecule has 0 saturated carbocycles. The number of halogens is 3. The van der Waals surface area contributed by atoms with Gasteiger partial charge in [-0.1, -0.05) is 35.3 Å². The summed E-state index contributed by atoms with van der Waals surface area (Å²) in [6.45, 7) is 0.766. The van der Waals surface area contributed by atoms with E-state index in [-0.39, 0.29) is 35.2 Å². The maximum Gasteiger partial charge on any atom is 0.320 e. The van der Waals surface area contributed by atoms with Crippen LogP contribution in [0.4, 0.5) is 4.39 Å². The minimum Gasteiger partial charge on any atom is -0.460 e. The summed E-state index contributed by atoms with van der Waals surface area (Å²) in [5.41, 5.74) is 1.67. The van der Waals surface area contributed by atoms with Crippen molar-refractivity contribution in [2.75, 3.05) is 13.1 Å². The maximum absolute atomic E-state index is 12.8. The Bertz CT molecular complexity index is 645. The number of rotatable bonds is 7. The molecule has 2 aromatic rings. The van der Waals surface area contributed by atoms with Crippen LogP contribution in [0.3, 0.4) is 0 Å². The number of nitrogens with one attached hydrogen (secondary N) is 1. The number of nitrogens with zero attached hydrogens (tertiary/aromatic N) is 1. The zero-order valence-electron chi connectivity index (χ0n) is 12.2. The summed E-state index contributed by atoms with van der Waals surface area (Å²) in [5, 5.41) is 3.48. The molecule has 1 aromatic heterocycles. The van der Waals surface area contributed by atoms with Crippen LogP contribution in [0.25, 0.3) is 0 Å². The second-order valence-corrected chi connectivity index (χ2v) is 5.61. The average Bonchev–Trinajstić information content (AvgIpc) is 2.50. The Kier molecular flexibility index (Phi) is 6.77. The Morgan fingerprint density at radius 3 is 2.43 bits per heavy atom. The van der Waals surface area contributed by atoms with E-state index < -0.39 is 0 Å². The number of pyridine rings is 1. The van der Waals surface area contributed by atoms with Crippen molar-refractivity contribution in [2.45, 2.75) is 13.0 Å². The largest absolute Gasteiger partial charge is 0.460 e. The molecule has 7 heteroatoms. The summed E-state index contributed by atoms with van der Waals surface area (Å²) in [5.74, 6) is -0.644. The highest BCUT2D eigenvalue weighted by Gasteiger charge is 2.05. The van der Waals surface area contributed by atoms with E-state index in [0.29, 0.717) is 18.5 Å². The van der Waals surface area contributed by atoms with Crippen molar-refractivity contribution in [1.82, 2.24) is 10.3 Å². The maximum atomic E-state index is 12.8. The van der Waals surface area contributed by atoms with Gasteiger partial charge in [0.05, 0.1) is 6.54 Å². The number of aromatic nitrogens is 1. The van der Waals surface area contributed by atoms with Crippen LogP contribution in [-0.2, 0) is 22.6 Å². The van der Waals surface area contributed by atoms with E-state index in [4.69, 9.17) is 27.9 Å². The fourth-order valence-corrected chi connectivity index (χ4v) is 2.39. The number of benzene rings is 1. The molecule has 23 heavy (non-hydrogen) atoms. The number of carbonyl (C=O) groups excluding carboxylic acids is 1. The summed E-state index contributed by atoms with van der Waals surface area (Å²) in [6.07, 6.45) is 0.698. The normalized spacial score (nSPS) is 10.6. The minimum atomic E-state index is -0.381. The molecule has 0 radical (unpaired) electrons. The summed E-state index contributed by atoms with van der Waals surface area (Å²) in [7, 11) is 0. The number of hydrogen-bond donors (Lipinski definition) is 1. The van der Waals surface area contributed by atoms with Gasteiger partial charge in [0.15, 0.2) is 0 Å². The summed E-state index contributed by atoms with van der Waals surface area (Å²) >= 11 is 11.5. The van der Waals surface area contributed by atoms with Crippen LogP contribution < -0.4 is 5.32 Å². The Labute approximate surface area is 143 Å². The van der Waals surface area contributed by atoms with Crippen molar-refractivity contribution >= 4 is 29.2 Å². The lowest BCUT2D eigenvalue weighted by atomic mass is 10.1. The molecule has 0 aliphatic heterocycles. The Hall–Kier alpha value is -1.69. The van der Waals surface area contributed by atoms with Gasteiger partial charge in [0.2, 0.25) is 0 Å². The van der Waals surface area contributed by atoms with Crippen LogP contribution in [0.2, 0.25) is 10.3 Å². The van der Waals surface area contributed by atoms with Crippen LogP contribution >= 0.6 is 23.2 Å². The van der Waals surface area contributed by atoms with Gasteiger partial charge in [-0.25, -0.2) is 9.37 Å². The van der Waals surface area contributed by atoms with Crippen molar-refractivity contribution in [1.29, 1.82) is 0 Å². The minimum absolute atomic E-state index is 0.0838. The molecular weight excluding hydrogens is 342 g/mol. The predicted octanol–water partition coefficient (Wildman–Crippen LogP) is 3.40. The second-order valence-electron chi connectivity index (χ2n) is 4.83. The summed E-state index contributed by atoms with van der Waals surface area (Å²) in [4.78, 5) is 15.4. The zero-order chi connectivity index (χ0) is 16.7. The van der Waals surface area contributed by atoms with Crippen LogP contribution in [0, 0.1) is 5.82 Å². The third kappa shape index (κ3) is 6.52. The average molecular weight is 357 g/mol. The number of carbonyl (C=O) groups is 1. The van der Waals surface area contributed by atoms with Gasteiger partial charge < -0.3 is 10.1 Å². The second kappa shape index (κ2) is 8.82. The van der Waals surface area contributed by atoms with Gasteiger partial charge in [-0.05, 0) is 48.4 Å². The van der Waals surface area contributed by atoms with Crippen LogP contribution in [0.15, 0.2) is 36.4 Å². The van der Waals surface area contributed by atoms with Gasteiger partial charge in [0.1, 0.15) is 22.7 Å². The number of ether oxygens (including phenoxy) is 1. The van der Waals surface area contributed by atoms with E-state index in [1.165, 1.54) is 12.1 Å². The highest BCUT2D eigenvalue weighted by molar-refractivity contribution is 6.32. The monoisotopic (exact) mass is 356 g/mol. The van der Waals surface area contributed by atoms with Gasteiger partial charge >= 0.3 is 5.97 Å². The molecular formula is C16H15Cl2FN2O2. The summed E-state index contributed by atoms with van der Waals surface area (Å²) < 4.78 is 17.9. The molecule has 4 nitrogen and oxygen atoms in total. The molecule has 1 N–H and O–H groups in total. The molecule has 0 fully saturated rings. The fraction of sp³-hybridized carbons (Fsp3) is 0.250. The Morgan fingerprint density at radius 2 is 1.78 bits per heavy atom. The van der Waals surface area contributed by atoms with Gasteiger partial charge in [0.25, 0.3) is 0 Å². The summed E-state index contributed by atoms with van der Waals surface area (Å²) in [6, 6.07) is 9.42. The first-order valence-corrected chi connectivity index (χ1v) is 7.71. The van der Waals surface area contributed by atoms with Crippen molar-refractivity contribution in [2.24, 2.45) is 0 Å². The van der Waals surface area contributed by atoms with Crippen molar-refractivity contribution in [3.05, 3.63) is 63.6 Å². The van der Waals surface area contributed by atoms with Gasteiger partial charge in [-0.15, -0.1) is 0 Å². The Morgan fingerprint density at radius 1 is 1.13 bits per heavy atom. The van der Waals surface area contributed by atoms with Crippen molar-refractivity contribution in [3.8, 4) is 0 Å². The molecule has 0 aliphatic carbocycles. The highest BCUT2D eigenvalue weighted by atomic mass is 35.5. The quantitative estimate of drug-likeness (QED) is 0.469. The molecule has 0 bridgehead atoms. The molecule has 122 valence electrons. The smallest absolute Gasteiger partial charge is 0.320 e. The van der Waals surface area contributed by atoms with E-state index in [1.54, 1.807) is 24.3 Å². The molecule has 0 saturated heterocycles. The van der Waals surface area contributed by atoms with Crippen LogP contribution in [0.1, 0.15) is 11.1 Å². The topological polar surface area (TPSA) is 51.2 Å². The van der Waals surface area contributed by atoms with E-state index in [1.807, 2.05) is 0 Å². The van der Waals surface area contributed by atoms with Gasteiger partial charge in [-0.2, -0.15) is 0 Å². The molecule has 0 spiro atoms. The van der Waals surface area contributed by atoms with Crippen LogP contribution in [-0.4, -0.2) is 24.0 Å². The molecule has 0 unspecified atom stereocenters. The third-order valence-electron chi connectivity index (χ3n) is 3.00. The van der Waals surface area contributed by atoms with Crippen LogP contribution in [0.5, 0.6) is 0 Å². The molecule has 0 aliphatic rings. The first-order valence-electron chi connectivity index (χ1n) is 6.95. The molecule has 1 aromatic carbocycles. The fourth-order valence-electron chi connectivity index (χ4n) is 1.89. The van der Waals surface area contributed by atoms with E-state index in [2.05, 4.69) is 10.3 Å². The molecule has 0 amide bonds. The lowest BCUT2D eigenvalue weighted by Gasteiger charge is -2.07. The zero-order valence-corrected chi connectivity index (χ0v) is 13.7. The number of esters is 1. The third-order valence-corrected chi connectivity index (χ3v) is 3.38. The Balaban J connectivity index is 1.66. The molecule has 0 atom stereocenters.